The number of hydrogen-bond acceptors (Lipinski definition) is 0. The van der Waals surface area contributed by atoms with Crippen LogP contribution in [0.4, 0.5) is 0 Å². The molecule has 0 amide bonds. The third-order valence-electron chi connectivity index (χ3n) is 0. The molecule has 0 saturated heterocycles. The second kappa shape index (κ2) is 19.6. The predicted molar refractivity (Wildman–Crippen MR) is 9.94 cm³/mol. The molecule has 0 aromatic rings. The first-order valence-electron chi connectivity index (χ1n) is 0. The van der Waals surface area contributed by atoms with E-state index in [-0.39, 0.29) is 68.0 Å². The van der Waals surface area contributed by atoms with Crippen LogP contribution in [0, 0.1) is 0 Å². The molecule has 0 aromatic heterocycles. The van der Waals surface area contributed by atoms with E-state index in [0.717, 1.165) is 0 Å². The molecule has 0 bridgehead atoms. The fraction of sp³-hybridized carbons (Fsp3) is 0. The molecule has 0 radical (unpaired) electrons. The van der Waals surface area contributed by atoms with Crippen molar-refractivity contribution in [2.75, 3.05) is 0 Å². The van der Waals surface area contributed by atoms with Gasteiger partial charge in [0.2, 0.25) is 0 Å². The number of hydrogen-bond donors (Lipinski definition) is 0. The minimum absolute atomic E-state index is 0. The summed E-state index contributed by atoms with van der Waals surface area (Å²) in [4.78, 5) is 0. The van der Waals surface area contributed by atoms with Gasteiger partial charge in [-0.3, -0.25) is 0 Å². The predicted octanol–water partition coefficient (Wildman–Crippen LogP) is -1.19. The first-order chi connectivity index (χ1) is 0. The van der Waals surface area contributed by atoms with Crippen molar-refractivity contribution in [1.82, 2.24) is 0 Å². The van der Waals surface area contributed by atoms with Gasteiger partial charge in [-0.2, -0.15) is 0 Å². The third kappa shape index (κ3) is 8.96. The molecular weight excluding hydrogens is 197 g/mol. The van der Waals surface area contributed by atoms with Gasteiger partial charge in [0, 0.05) is 50.6 Å². The average Bonchev–Trinajstić information content (AvgIpc) is 0. The van der Waals surface area contributed by atoms with Crippen LogP contribution in [-0.4, -0.2) is 17.4 Å². The molecule has 4 heavy (non-hydrogen) atoms. The van der Waals surface area contributed by atoms with Crippen molar-refractivity contribution in [3.05, 3.63) is 0 Å². The van der Waals surface area contributed by atoms with E-state index in [9.17, 15) is 0 Å². The van der Waals surface area contributed by atoms with Crippen LogP contribution in [0.2, 0.25) is 0 Å². The van der Waals surface area contributed by atoms with Crippen LogP contribution in [-0.2, 0) is 50.6 Å². The standard InChI is InChI=1S/Al.2Fe.Ni.3H. The van der Waals surface area contributed by atoms with Crippen molar-refractivity contribution in [2.24, 2.45) is 0 Å². The van der Waals surface area contributed by atoms with Crippen molar-refractivity contribution in [3.8, 4) is 0 Å². The zero-order valence-electron chi connectivity index (χ0n) is 1.02. The molecule has 0 atom stereocenters. The Labute approximate surface area is 67.5 Å². The van der Waals surface area contributed by atoms with E-state index >= 15 is 0 Å². The van der Waals surface area contributed by atoms with Gasteiger partial charge in [0.05, 0.1) is 0 Å². The van der Waals surface area contributed by atoms with Crippen molar-refractivity contribution >= 4 is 17.4 Å². The summed E-state index contributed by atoms with van der Waals surface area (Å²) >= 11 is 0. The van der Waals surface area contributed by atoms with Gasteiger partial charge >= 0.3 is 0 Å². The summed E-state index contributed by atoms with van der Waals surface area (Å²) in [6, 6.07) is 0. The Morgan fingerprint density at radius 1 is 0.750 bits per heavy atom. The topological polar surface area (TPSA) is 0 Å². The summed E-state index contributed by atoms with van der Waals surface area (Å²) in [6.07, 6.45) is 0. The van der Waals surface area contributed by atoms with Crippen LogP contribution in [0.1, 0.15) is 0 Å². The second-order valence-corrected chi connectivity index (χ2v) is 0. The zero-order chi connectivity index (χ0) is 0. The minimum Gasteiger partial charge on any atom is 0 e. The summed E-state index contributed by atoms with van der Waals surface area (Å²) < 4.78 is 0. The Bertz CT molecular complexity index is 6.00. The molecule has 0 aliphatic carbocycles. The summed E-state index contributed by atoms with van der Waals surface area (Å²) in [7, 11) is 0. The summed E-state index contributed by atoms with van der Waals surface area (Å²) in [5.74, 6) is 0. The molecule has 0 heterocycles. The van der Waals surface area contributed by atoms with Gasteiger partial charge in [0.1, 0.15) is 0 Å². The zero-order valence-corrected chi connectivity index (χ0v) is 4.22. The van der Waals surface area contributed by atoms with Crippen molar-refractivity contribution < 1.29 is 50.6 Å². The molecule has 0 unspecified atom stereocenters. The van der Waals surface area contributed by atoms with Crippen LogP contribution in [0.5, 0.6) is 0 Å². The molecule has 0 fully saturated rings. The van der Waals surface area contributed by atoms with E-state index in [2.05, 4.69) is 0 Å². The monoisotopic (exact) mass is 200 g/mol. The Morgan fingerprint density at radius 2 is 0.750 bits per heavy atom. The van der Waals surface area contributed by atoms with E-state index in [1.165, 1.54) is 0 Å². The molecule has 0 spiro atoms. The molecule has 0 aromatic carbocycles. The first kappa shape index (κ1) is 36.5. The Morgan fingerprint density at radius 3 is 0.750 bits per heavy atom. The van der Waals surface area contributed by atoms with Gasteiger partial charge in [-0.05, 0) is 0 Å². The maximum Gasteiger partial charge on any atom is 0.187 e. The summed E-state index contributed by atoms with van der Waals surface area (Å²) in [6.45, 7) is 0. The first-order valence-corrected chi connectivity index (χ1v) is 0. The van der Waals surface area contributed by atoms with Gasteiger partial charge in [-0.25, -0.2) is 0 Å². The molecule has 32 valence electrons. The quantitative estimate of drug-likeness (QED) is 0.431. The molecule has 0 rings (SSSR count). The Balaban J connectivity index is 0. The summed E-state index contributed by atoms with van der Waals surface area (Å²) in [5, 5.41) is 0. The van der Waals surface area contributed by atoms with Crippen LogP contribution < -0.4 is 0 Å². The fourth-order valence-corrected chi connectivity index (χ4v) is 0. The van der Waals surface area contributed by atoms with Crippen LogP contribution in [0.15, 0.2) is 0 Å². The Hall–Kier alpha value is 2.06. The second-order valence-electron chi connectivity index (χ2n) is 0. The van der Waals surface area contributed by atoms with E-state index in [4.69, 9.17) is 0 Å². The van der Waals surface area contributed by atoms with Gasteiger partial charge in [0.15, 0.2) is 17.4 Å². The molecule has 0 N–H and O–H groups in total. The van der Waals surface area contributed by atoms with E-state index in [1.807, 2.05) is 0 Å². The van der Waals surface area contributed by atoms with Gasteiger partial charge in [-0.15, -0.1) is 0 Å². The van der Waals surface area contributed by atoms with Crippen LogP contribution in [0.25, 0.3) is 0 Å². The summed E-state index contributed by atoms with van der Waals surface area (Å²) in [5.41, 5.74) is 0. The molecule has 0 aliphatic rings. The minimum atomic E-state index is 0. The third-order valence-corrected chi connectivity index (χ3v) is 0. The maximum absolute atomic E-state index is 0. The molecule has 4 heteroatoms. The Kier molecular flexibility index (Phi) is 179. The van der Waals surface area contributed by atoms with Crippen molar-refractivity contribution in [1.29, 1.82) is 0 Å². The average molecular weight is 200 g/mol. The van der Waals surface area contributed by atoms with Gasteiger partial charge < -0.3 is 0 Å². The molecule has 0 nitrogen and oxygen atoms in total. The SMILES string of the molecule is [AlH3].[Fe].[Fe].[Ni]. The van der Waals surface area contributed by atoms with E-state index in [0.29, 0.717) is 0 Å². The largest absolute Gasteiger partial charge is 0.187 e. The van der Waals surface area contributed by atoms with E-state index in [1.54, 1.807) is 0 Å². The van der Waals surface area contributed by atoms with Gasteiger partial charge in [0.25, 0.3) is 0 Å². The van der Waals surface area contributed by atoms with Gasteiger partial charge in [-0.1, -0.05) is 0 Å². The van der Waals surface area contributed by atoms with Crippen molar-refractivity contribution in [2.45, 2.75) is 0 Å². The molecule has 0 aliphatic heterocycles. The fourth-order valence-electron chi connectivity index (χ4n) is 0. The maximum atomic E-state index is 0. The van der Waals surface area contributed by atoms with Crippen LogP contribution in [0.3, 0.4) is 0 Å². The normalized spacial score (nSPS) is 0. The molecular formula is H3AlFe2Ni. The number of rotatable bonds is 0. The smallest absolute Gasteiger partial charge is 0 e. The molecule has 0 saturated carbocycles. The van der Waals surface area contributed by atoms with Crippen LogP contribution >= 0.6 is 0 Å². The van der Waals surface area contributed by atoms with Crippen molar-refractivity contribution in [3.63, 3.8) is 0 Å². The van der Waals surface area contributed by atoms with E-state index < -0.39 is 0 Å².